The van der Waals surface area contributed by atoms with Gasteiger partial charge in [0.05, 0.1) is 5.25 Å². The third-order valence-electron chi connectivity index (χ3n) is 4.19. The van der Waals surface area contributed by atoms with Gasteiger partial charge in [-0.15, -0.1) is 10.2 Å². The Morgan fingerprint density at radius 1 is 1.04 bits per heavy atom. The van der Waals surface area contributed by atoms with Gasteiger partial charge in [-0.3, -0.25) is 4.79 Å². The van der Waals surface area contributed by atoms with E-state index < -0.39 is 0 Å². The highest BCUT2D eigenvalue weighted by molar-refractivity contribution is 8.02. The lowest BCUT2D eigenvalue weighted by atomic mass is 10.0. The van der Waals surface area contributed by atoms with Gasteiger partial charge < -0.3 is 10.6 Å². The van der Waals surface area contributed by atoms with Gasteiger partial charge in [0.25, 0.3) is 0 Å². The molecule has 2 aromatic carbocycles. The van der Waals surface area contributed by atoms with E-state index in [2.05, 4.69) is 46.8 Å². The van der Waals surface area contributed by atoms with Gasteiger partial charge >= 0.3 is 0 Å². The molecule has 0 radical (unpaired) electrons. The fourth-order valence-electron chi connectivity index (χ4n) is 2.52. The molecule has 5 nitrogen and oxygen atoms in total. The van der Waals surface area contributed by atoms with E-state index in [4.69, 9.17) is 0 Å². The van der Waals surface area contributed by atoms with Gasteiger partial charge in [0.2, 0.25) is 11.0 Å². The summed E-state index contributed by atoms with van der Waals surface area (Å²) in [6.45, 7) is 6.76. The molecule has 0 aliphatic rings. The van der Waals surface area contributed by atoms with Crippen molar-refractivity contribution in [2.75, 3.05) is 5.32 Å². The first kappa shape index (κ1) is 20.4. The van der Waals surface area contributed by atoms with E-state index >= 15 is 0 Å². The zero-order valence-electron chi connectivity index (χ0n) is 16.2. The van der Waals surface area contributed by atoms with Crippen LogP contribution in [0.3, 0.4) is 0 Å². The minimum atomic E-state index is -0.241. The number of nitrogens with zero attached hydrogens (tertiary/aromatic N) is 2. The van der Waals surface area contributed by atoms with Gasteiger partial charge in [-0.1, -0.05) is 79.4 Å². The predicted molar refractivity (Wildman–Crippen MR) is 117 cm³/mol. The van der Waals surface area contributed by atoms with Crippen LogP contribution in [-0.4, -0.2) is 21.4 Å². The number of carbonyl (C=O) groups is 1. The molecular weight excluding hydrogens is 388 g/mol. The SMILES string of the molecule is CC(C)c1ccc(Nc2nnc(S[C@@H](C)C(=O)NCc3ccccc3)s2)cc1. The van der Waals surface area contributed by atoms with E-state index in [1.165, 1.54) is 28.7 Å². The molecule has 0 aliphatic heterocycles. The Bertz CT molecular complexity index is 894. The second-order valence-corrected chi connectivity index (χ2v) is 9.30. The molecule has 1 aromatic heterocycles. The summed E-state index contributed by atoms with van der Waals surface area (Å²) in [6, 6.07) is 18.2. The molecule has 1 heterocycles. The lowest BCUT2D eigenvalue weighted by Crippen LogP contribution is -2.30. The first-order valence-electron chi connectivity index (χ1n) is 9.20. The molecule has 0 aliphatic carbocycles. The van der Waals surface area contributed by atoms with Crippen LogP contribution >= 0.6 is 23.1 Å². The molecule has 1 atom stereocenters. The Kier molecular flexibility index (Phi) is 7.06. The average molecular weight is 413 g/mol. The van der Waals surface area contributed by atoms with Crippen LogP contribution in [0, 0.1) is 0 Å². The largest absolute Gasteiger partial charge is 0.351 e. The predicted octanol–water partition coefficient (Wildman–Crippen LogP) is 5.20. The van der Waals surface area contributed by atoms with Gasteiger partial charge in [0, 0.05) is 12.2 Å². The molecule has 0 unspecified atom stereocenters. The Morgan fingerprint density at radius 3 is 2.43 bits per heavy atom. The quantitative estimate of drug-likeness (QED) is 0.498. The summed E-state index contributed by atoms with van der Waals surface area (Å²) in [4.78, 5) is 12.3. The summed E-state index contributed by atoms with van der Waals surface area (Å²) in [5.41, 5.74) is 3.36. The smallest absolute Gasteiger partial charge is 0.233 e. The third kappa shape index (κ3) is 5.81. The summed E-state index contributed by atoms with van der Waals surface area (Å²) in [6.07, 6.45) is 0. The second-order valence-electron chi connectivity index (χ2n) is 6.74. The van der Waals surface area contributed by atoms with Crippen molar-refractivity contribution < 1.29 is 4.79 Å². The third-order valence-corrected chi connectivity index (χ3v) is 6.21. The summed E-state index contributed by atoms with van der Waals surface area (Å²) >= 11 is 2.87. The lowest BCUT2D eigenvalue weighted by molar-refractivity contribution is -0.120. The summed E-state index contributed by atoms with van der Waals surface area (Å²) in [7, 11) is 0. The Labute approximate surface area is 174 Å². The molecule has 7 heteroatoms. The van der Waals surface area contributed by atoms with E-state index in [0.717, 1.165) is 20.7 Å². The molecule has 0 fully saturated rings. The highest BCUT2D eigenvalue weighted by Gasteiger charge is 2.17. The van der Waals surface area contributed by atoms with Crippen LogP contribution in [0.1, 0.15) is 37.8 Å². The second kappa shape index (κ2) is 9.71. The fourth-order valence-corrected chi connectivity index (χ4v) is 4.46. The number of thioether (sulfide) groups is 1. The monoisotopic (exact) mass is 412 g/mol. The fraction of sp³-hybridized carbons (Fsp3) is 0.286. The number of amides is 1. The lowest BCUT2D eigenvalue weighted by Gasteiger charge is -2.10. The Morgan fingerprint density at radius 2 is 1.75 bits per heavy atom. The topological polar surface area (TPSA) is 66.9 Å². The maximum absolute atomic E-state index is 12.3. The van der Waals surface area contributed by atoms with Crippen LogP contribution in [-0.2, 0) is 11.3 Å². The Hall–Kier alpha value is -2.38. The molecule has 0 bridgehead atoms. The van der Waals surface area contributed by atoms with Gasteiger partial charge in [-0.25, -0.2) is 0 Å². The summed E-state index contributed by atoms with van der Waals surface area (Å²) in [5.74, 6) is 0.496. The normalized spacial score (nSPS) is 12.0. The van der Waals surface area contributed by atoms with Crippen LogP contribution in [0.2, 0.25) is 0 Å². The van der Waals surface area contributed by atoms with Crippen molar-refractivity contribution in [2.45, 2.75) is 42.8 Å². The van der Waals surface area contributed by atoms with E-state index in [1.807, 2.05) is 49.4 Å². The molecular formula is C21H24N4OS2. The van der Waals surface area contributed by atoms with Gasteiger partial charge in [-0.2, -0.15) is 0 Å². The van der Waals surface area contributed by atoms with Gasteiger partial charge in [0.1, 0.15) is 0 Å². The van der Waals surface area contributed by atoms with Crippen molar-refractivity contribution in [2.24, 2.45) is 0 Å². The number of hydrogen-bond donors (Lipinski definition) is 2. The molecule has 146 valence electrons. The number of benzene rings is 2. The van der Waals surface area contributed by atoms with E-state index in [9.17, 15) is 4.79 Å². The number of anilines is 2. The van der Waals surface area contributed by atoms with Gasteiger partial charge in [0.15, 0.2) is 4.34 Å². The van der Waals surface area contributed by atoms with Crippen molar-refractivity contribution in [3.05, 3.63) is 65.7 Å². The van der Waals surface area contributed by atoms with Crippen LogP contribution in [0.5, 0.6) is 0 Å². The maximum Gasteiger partial charge on any atom is 0.233 e. The Balaban J connectivity index is 1.51. The molecule has 0 saturated heterocycles. The van der Waals surface area contributed by atoms with Gasteiger partial charge in [-0.05, 0) is 36.1 Å². The van der Waals surface area contributed by atoms with Crippen molar-refractivity contribution in [3.8, 4) is 0 Å². The van der Waals surface area contributed by atoms with Crippen molar-refractivity contribution in [1.82, 2.24) is 15.5 Å². The molecule has 1 amide bonds. The summed E-state index contributed by atoms with van der Waals surface area (Å²) < 4.78 is 0.767. The molecule has 2 N–H and O–H groups in total. The number of aromatic nitrogens is 2. The van der Waals surface area contributed by atoms with Crippen molar-refractivity contribution in [3.63, 3.8) is 0 Å². The van der Waals surface area contributed by atoms with Crippen molar-refractivity contribution in [1.29, 1.82) is 0 Å². The van der Waals surface area contributed by atoms with E-state index in [0.29, 0.717) is 12.5 Å². The zero-order valence-corrected chi connectivity index (χ0v) is 17.8. The number of nitrogens with one attached hydrogen (secondary N) is 2. The minimum absolute atomic E-state index is 0.0113. The standard InChI is InChI=1S/C21H24N4OS2/c1-14(2)17-9-11-18(12-10-17)23-20-24-25-21(28-20)27-15(3)19(26)22-13-16-7-5-4-6-8-16/h4-12,14-15H,13H2,1-3H3,(H,22,26)(H,23,24)/t15-/m0/s1. The molecule has 0 saturated carbocycles. The maximum atomic E-state index is 12.3. The molecule has 3 rings (SSSR count). The summed E-state index contributed by atoms with van der Waals surface area (Å²) in [5, 5.41) is 15.1. The van der Waals surface area contributed by atoms with Crippen LogP contribution in [0.15, 0.2) is 58.9 Å². The number of carbonyl (C=O) groups excluding carboxylic acids is 1. The van der Waals surface area contributed by atoms with Crippen molar-refractivity contribution >= 4 is 39.8 Å². The number of rotatable bonds is 8. The molecule has 0 spiro atoms. The highest BCUT2D eigenvalue weighted by atomic mass is 32.2. The highest BCUT2D eigenvalue weighted by Crippen LogP contribution is 2.30. The molecule has 28 heavy (non-hydrogen) atoms. The van der Waals surface area contributed by atoms with Crippen LogP contribution in [0.4, 0.5) is 10.8 Å². The van der Waals surface area contributed by atoms with Crippen LogP contribution in [0.25, 0.3) is 0 Å². The van der Waals surface area contributed by atoms with E-state index in [-0.39, 0.29) is 11.2 Å². The van der Waals surface area contributed by atoms with E-state index in [1.54, 1.807) is 0 Å². The number of hydrogen-bond acceptors (Lipinski definition) is 6. The van der Waals surface area contributed by atoms with Crippen LogP contribution < -0.4 is 10.6 Å². The average Bonchev–Trinajstić information content (AvgIpc) is 3.14. The minimum Gasteiger partial charge on any atom is -0.351 e. The molecule has 3 aromatic rings. The zero-order chi connectivity index (χ0) is 19.9. The first-order valence-corrected chi connectivity index (χ1v) is 10.9. The first-order chi connectivity index (χ1) is 13.5.